The minimum absolute atomic E-state index is 0.0499. The number of H-pyrrole nitrogens is 1. The highest BCUT2D eigenvalue weighted by molar-refractivity contribution is 7.13. The zero-order chi connectivity index (χ0) is 25.9. The number of hydrogen-bond acceptors (Lipinski definition) is 8. The third kappa shape index (κ3) is 3.44. The van der Waals surface area contributed by atoms with Crippen molar-refractivity contribution in [3.63, 3.8) is 0 Å². The van der Waals surface area contributed by atoms with Crippen molar-refractivity contribution in [1.82, 2.24) is 20.2 Å². The number of thiazole rings is 1. The molecule has 4 heterocycles. The molecule has 1 amide bonds. The van der Waals surface area contributed by atoms with E-state index in [-0.39, 0.29) is 11.8 Å². The largest absolute Gasteiger partial charge is 0.497 e. The third-order valence-corrected chi connectivity index (χ3v) is 8.20. The van der Waals surface area contributed by atoms with Gasteiger partial charge < -0.3 is 20.1 Å². The molecule has 190 valence electrons. The predicted octanol–water partition coefficient (Wildman–Crippen LogP) is 5.61. The number of fused-ring (bicyclic) bond motifs is 3. The highest BCUT2D eigenvalue weighted by Gasteiger charge is 2.65. The molecule has 1 fully saturated rings. The highest BCUT2D eigenvalue weighted by atomic mass is 32.1. The van der Waals surface area contributed by atoms with Gasteiger partial charge in [-0.15, -0.1) is 11.3 Å². The van der Waals surface area contributed by atoms with Crippen LogP contribution in [0.3, 0.4) is 0 Å². The lowest BCUT2D eigenvalue weighted by Gasteiger charge is -2.12. The van der Waals surface area contributed by atoms with E-state index < -0.39 is 5.41 Å². The Morgan fingerprint density at radius 1 is 1.18 bits per heavy atom. The normalized spacial score (nSPS) is 19.4. The quantitative estimate of drug-likeness (QED) is 0.254. The molecule has 10 heteroatoms. The number of carbonyl (C=O) groups excluding carboxylic acids is 1. The van der Waals surface area contributed by atoms with E-state index in [2.05, 4.69) is 42.9 Å². The number of rotatable bonds is 7. The molecule has 2 atom stereocenters. The van der Waals surface area contributed by atoms with Gasteiger partial charge in [-0.2, -0.15) is 5.10 Å². The second-order valence-corrected chi connectivity index (χ2v) is 10.3. The van der Waals surface area contributed by atoms with Crippen molar-refractivity contribution in [3.05, 3.63) is 71.4 Å². The number of nitrogens with one attached hydrogen (secondary N) is 3. The van der Waals surface area contributed by atoms with Crippen molar-refractivity contribution < 1.29 is 14.3 Å². The van der Waals surface area contributed by atoms with Crippen molar-refractivity contribution in [2.24, 2.45) is 0 Å². The van der Waals surface area contributed by atoms with E-state index in [1.807, 2.05) is 42.6 Å². The first kappa shape index (κ1) is 22.7. The Labute approximate surface area is 222 Å². The first-order chi connectivity index (χ1) is 18.6. The Kier molecular flexibility index (Phi) is 5.12. The molecule has 0 saturated heterocycles. The van der Waals surface area contributed by atoms with E-state index in [4.69, 9.17) is 9.47 Å². The highest BCUT2D eigenvalue weighted by Crippen LogP contribution is 2.65. The van der Waals surface area contributed by atoms with E-state index in [0.29, 0.717) is 24.0 Å². The predicted molar refractivity (Wildman–Crippen MR) is 147 cm³/mol. The Morgan fingerprint density at radius 2 is 2.11 bits per heavy atom. The van der Waals surface area contributed by atoms with Gasteiger partial charge in [0.2, 0.25) is 11.8 Å². The van der Waals surface area contributed by atoms with Gasteiger partial charge in [-0.1, -0.05) is 6.07 Å². The van der Waals surface area contributed by atoms with Crippen LogP contribution in [0.15, 0.2) is 60.2 Å². The van der Waals surface area contributed by atoms with Crippen LogP contribution in [-0.2, 0) is 10.2 Å². The van der Waals surface area contributed by atoms with Gasteiger partial charge in [-0.3, -0.25) is 9.89 Å². The van der Waals surface area contributed by atoms with Crippen LogP contribution < -0.4 is 20.1 Å². The molecular weight excluding hydrogens is 500 g/mol. The standard InChI is InChI=1S/C28H24N6O3S/c1-3-37-25-23(11-16(14-30-25)26-29-8-9-38-26)31-24-18-6-4-15(10-22(18)33-34-24)20-13-28(20)19-12-17(36-2)5-7-21(19)32-27(28)35/h4-12,14,20H,3,13H2,1-2H3,(H,32,35)(H2,31,33,34)/t20-,28-/m0/s1. The molecule has 0 bridgehead atoms. The molecule has 1 saturated carbocycles. The molecule has 9 nitrogen and oxygen atoms in total. The minimum atomic E-state index is -0.549. The number of pyridine rings is 1. The van der Waals surface area contributed by atoms with E-state index in [0.717, 1.165) is 50.5 Å². The van der Waals surface area contributed by atoms with E-state index in [1.165, 1.54) is 0 Å². The summed E-state index contributed by atoms with van der Waals surface area (Å²) >= 11 is 1.55. The van der Waals surface area contributed by atoms with Crippen LogP contribution in [0.4, 0.5) is 17.2 Å². The second-order valence-electron chi connectivity index (χ2n) is 9.44. The Balaban J connectivity index is 1.20. The zero-order valence-corrected chi connectivity index (χ0v) is 21.6. The smallest absolute Gasteiger partial charge is 0.237 e. The summed E-state index contributed by atoms with van der Waals surface area (Å²) in [5, 5.41) is 17.9. The molecular formula is C28H24N6O3S. The van der Waals surface area contributed by atoms with Gasteiger partial charge in [0.15, 0.2) is 5.82 Å². The number of aromatic nitrogens is 4. The lowest BCUT2D eigenvalue weighted by Crippen LogP contribution is -2.21. The number of hydrogen-bond donors (Lipinski definition) is 3. The lowest BCUT2D eigenvalue weighted by atomic mass is 9.91. The number of ether oxygens (including phenoxy) is 2. The number of nitrogens with zero attached hydrogens (tertiary/aromatic N) is 3. The Hall–Kier alpha value is -4.44. The van der Waals surface area contributed by atoms with Crippen LogP contribution in [0.1, 0.15) is 30.4 Å². The number of benzene rings is 2. The maximum Gasteiger partial charge on any atom is 0.237 e. The maximum absolute atomic E-state index is 13.1. The zero-order valence-electron chi connectivity index (χ0n) is 20.7. The van der Waals surface area contributed by atoms with Crippen LogP contribution >= 0.6 is 11.3 Å². The Morgan fingerprint density at radius 3 is 2.92 bits per heavy atom. The molecule has 7 rings (SSSR count). The summed E-state index contributed by atoms with van der Waals surface area (Å²) in [5.41, 5.74) is 4.93. The van der Waals surface area contributed by atoms with Crippen molar-refractivity contribution in [2.75, 3.05) is 24.4 Å². The molecule has 0 radical (unpaired) electrons. The van der Waals surface area contributed by atoms with Crippen LogP contribution in [0.2, 0.25) is 0 Å². The number of amides is 1. The number of aromatic amines is 1. The maximum atomic E-state index is 13.1. The van der Waals surface area contributed by atoms with Crippen molar-refractivity contribution in [2.45, 2.75) is 24.7 Å². The first-order valence-electron chi connectivity index (χ1n) is 12.4. The van der Waals surface area contributed by atoms with E-state index in [1.54, 1.807) is 30.8 Å². The summed E-state index contributed by atoms with van der Waals surface area (Å²) in [5.74, 6) is 2.06. The molecule has 1 aliphatic heterocycles. The number of methoxy groups -OCH3 is 1. The fourth-order valence-corrected chi connectivity index (χ4v) is 6.07. The first-order valence-corrected chi connectivity index (χ1v) is 13.3. The fraction of sp³-hybridized carbons (Fsp3) is 0.214. The topological polar surface area (TPSA) is 114 Å². The monoisotopic (exact) mass is 524 g/mol. The summed E-state index contributed by atoms with van der Waals surface area (Å²) in [4.78, 5) is 22.0. The summed E-state index contributed by atoms with van der Waals surface area (Å²) in [7, 11) is 1.64. The van der Waals surface area contributed by atoms with Gasteiger partial charge in [0.1, 0.15) is 16.4 Å². The molecule has 1 aliphatic carbocycles. The van der Waals surface area contributed by atoms with Crippen molar-refractivity contribution in [3.8, 4) is 22.2 Å². The van der Waals surface area contributed by atoms with Gasteiger partial charge >= 0.3 is 0 Å². The number of carbonyl (C=O) groups is 1. The average molecular weight is 525 g/mol. The van der Waals surface area contributed by atoms with Crippen molar-refractivity contribution in [1.29, 1.82) is 0 Å². The molecule has 2 aliphatic rings. The van der Waals surface area contributed by atoms with Crippen LogP contribution in [0, 0.1) is 0 Å². The molecule has 0 unspecified atom stereocenters. The number of anilines is 3. The molecule has 3 N–H and O–H groups in total. The van der Waals surface area contributed by atoms with Gasteiger partial charge in [0.25, 0.3) is 0 Å². The van der Waals surface area contributed by atoms with Gasteiger partial charge in [-0.25, -0.2) is 9.97 Å². The molecule has 1 spiro atoms. The summed E-state index contributed by atoms with van der Waals surface area (Å²) < 4.78 is 11.2. The lowest BCUT2D eigenvalue weighted by molar-refractivity contribution is -0.118. The third-order valence-electron chi connectivity index (χ3n) is 7.38. The summed E-state index contributed by atoms with van der Waals surface area (Å²) in [6.45, 7) is 2.42. The fourth-order valence-electron chi connectivity index (χ4n) is 5.45. The van der Waals surface area contributed by atoms with Gasteiger partial charge in [0, 0.05) is 40.3 Å². The Bertz CT molecular complexity index is 1700. The summed E-state index contributed by atoms with van der Waals surface area (Å²) in [6.07, 6.45) is 4.30. The summed E-state index contributed by atoms with van der Waals surface area (Å²) in [6, 6.07) is 14.0. The molecule has 2 aromatic carbocycles. The molecule has 5 aromatic rings. The average Bonchev–Trinajstić information content (AvgIpc) is 3.20. The molecule has 38 heavy (non-hydrogen) atoms. The van der Waals surface area contributed by atoms with E-state index in [9.17, 15) is 4.79 Å². The minimum Gasteiger partial charge on any atom is -0.497 e. The van der Waals surface area contributed by atoms with Crippen LogP contribution in [0.5, 0.6) is 11.6 Å². The molecule has 3 aromatic heterocycles. The SMILES string of the molecule is CCOc1ncc(-c2nccs2)cc1Nc1n[nH]c2cc([C@@H]3C[C@@]34C(=O)Nc3ccc(OC)cc34)ccc12. The van der Waals surface area contributed by atoms with E-state index >= 15 is 0 Å². The van der Waals surface area contributed by atoms with Crippen molar-refractivity contribution >= 4 is 45.3 Å². The second kappa shape index (κ2) is 8.56. The van der Waals surface area contributed by atoms with Crippen LogP contribution in [-0.4, -0.2) is 39.8 Å². The van der Waals surface area contributed by atoms with Crippen LogP contribution in [0.25, 0.3) is 21.5 Å². The van der Waals surface area contributed by atoms with Gasteiger partial charge in [0.05, 0.1) is 24.6 Å². The van der Waals surface area contributed by atoms with Gasteiger partial charge in [-0.05, 0) is 60.9 Å².